The predicted molar refractivity (Wildman–Crippen MR) is 107 cm³/mol. The Labute approximate surface area is 160 Å². The molecule has 2 aromatic rings. The molecule has 5 heteroatoms. The molecule has 142 valence electrons. The number of anilines is 1. The first-order chi connectivity index (χ1) is 13.1. The van der Waals surface area contributed by atoms with E-state index in [4.69, 9.17) is 9.47 Å². The highest BCUT2D eigenvalue weighted by molar-refractivity contribution is 6.02. The summed E-state index contributed by atoms with van der Waals surface area (Å²) >= 11 is 0. The zero-order valence-electron chi connectivity index (χ0n) is 15.7. The highest BCUT2D eigenvalue weighted by Crippen LogP contribution is 2.20. The third-order valence-corrected chi connectivity index (χ3v) is 3.62. The summed E-state index contributed by atoms with van der Waals surface area (Å²) in [7, 11) is 0. The minimum atomic E-state index is -0.363. The first-order valence-corrected chi connectivity index (χ1v) is 9.12. The number of benzene rings is 2. The van der Waals surface area contributed by atoms with Gasteiger partial charge in [-0.1, -0.05) is 32.0 Å². The van der Waals surface area contributed by atoms with E-state index in [2.05, 4.69) is 5.32 Å². The average molecular weight is 367 g/mol. The fourth-order valence-electron chi connectivity index (χ4n) is 2.28. The van der Waals surface area contributed by atoms with Gasteiger partial charge in [-0.3, -0.25) is 4.79 Å². The van der Waals surface area contributed by atoms with Gasteiger partial charge in [0.15, 0.2) is 0 Å². The van der Waals surface area contributed by atoms with Crippen LogP contribution in [0.15, 0.2) is 54.6 Å². The van der Waals surface area contributed by atoms with Crippen LogP contribution >= 0.6 is 0 Å². The molecule has 0 saturated carbocycles. The predicted octanol–water partition coefficient (Wildman–Crippen LogP) is 4.69. The van der Waals surface area contributed by atoms with Crippen LogP contribution in [0.4, 0.5) is 5.69 Å². The number of para-hydroxylation sites is 1. The smallest absolute Gasteiger partial charge is 0.338 e. The van der Waals surface area contributed by atoms with Crippen LogP contribution in [0.5, 0.6) is 5.75 Å². The number of ether oxygens (including phenoxy) is 2. The number of rotatable bonds is 9. The summed E-state index contributed by atoms with van der Waals surface area (Å²) in [6.07, 6.45) is 4.87. The molecular formula is C22H25NO4. The lowest BCUT2D eigenvalue weighted by molar-refractivity contribution is -0.111. The molecule has 0 aliphatic heterocycles. The summed E-state index contributed by atoms with van der Waals surface area (Å²) in [4.78, 5) is 23.9. The highest BCUT2D eigenvalue weighted by Gasteiger charge is 2.07. The number of hydrogen-bond donors (Lipinski definition) is 1. The molecule has 27 heavy (non-hydrogen) atoms. The Balaban J connectivity index is 1.96. The molecule has 0 saturated heterocycles. The lowest BCUT2D eigenvalue weighted by Crippen LogP contribution is -2.09. The summed E-state index contributed by atoms with van der Waals surface area (Å²) in [6.45, 7) is 5.00. The Hall–Kier alpha value is -3.08. The molecular weight excluding hydrogens is 342 g/mol. The first kappa shape index (κ1) is 20.2. The summed E-state index contributed by atoms with van der Waals surface area (Å²) in [5.41, 5.74) is 1.90. The van der Waals surface area contributed by atoms with Crippen molar-refractivity contribution >= 4 is 23.6 Å². The molecule has 2 aromatic carbocycles. The first-order valence-electron chi connectivity index (χ1n) is 9.12. The van der Waals surface area contributed by atoms with Gasteiger partial charge >= 0.3 is 5.97 Å². The van der Waals surface area contributed by atoms with Crippen molar-refractivity contribution in [1.29, 1.82) is 0 Å². The van der Waals surface area contributed by atoms with E-state index >= 15 is 0 Å². The molecule has 5 nitrogen and oxygen atoms in total. The molecule has 0 radical (unpaired) electrons. The van der Waals surface area contributed by atoms with Crippen molar-refractivity contribution in [2.24, 2.45) is 0 Å². The Kier molecular flexibility index (Phi) is 8.10. The van der Waals surface area contributed by atoms with E-state index in [0.29, 0.717) is 24.5 Å². The Morgan fingerprint density at radius 2 is 1.67 bits per heavy atom. The lowest BCUT2D eigenvalue weighted by atomic mass is 10.2. The van der Waals surface area contributed by atoms with Crippen molar-refractivity contribution < 1.29 is 19.1 Å². The summed E-state index contributed by atoms with van der Waals surface area (Å²) < 4.78 is 10.7. The van der Waals surface area contributed by atoms with Gasteiger partial charge in [0, 0.05) is 17.3 Å². The van der Waals surface area contributed by atoms with Gasteiger partial charge in [-0.2, -0.15) is 0 Å². The van der Waals surface area contributed by atoms with Crippen LogP contribution in [0.3, 0.4) is 0 Å². The molecule has 0 bridgehead atoms. The van der Waals surface area contributed by atoms with Gasteiger partial charge in [0.1, 0.15) is 5.75 Å². The normalized spacial score (nSPS) is 10.6. The molecule has 0 aliphatic rings. The van der Waals surface area contributed by atoms with E-state index in [-0.39, 0.29) is 11.9 Å². The fraction of sp³-hybridized carbons (Fsp3) is 0.273. The third kappa shape index (κ3) is 6.62. The minimum absolute atomic E-state index is 0.262. The van der Waals surface area contributed by atoms with Crippen LogP contribution in [-0.4, -0.2) is 25.1 Å². The summed E-state index contributed by atoms with van der Waals surface area (Å²) in [6, 6.07) is 14.2. The number of amides is 1. The monoisotopic (exact) mass is 367 g/mol. The Morgan fingerprint density at radius 3 is 2.37 bits per heavy atom. The van der Waals surface area contributed by atoms with E-state index in [1.54, 1.807) is 30.3 Å². The Morgan fingerprint density at radius 1 is 0.963 bits per heavy atom. The van der Waals surface area contributed by atoms with Gasteiger partial charge in [-0.15, -0.1) is 0 Å². The zero-order chi connectivity index (χ0) is 19.5. The second-order valence-corrected chi connectivity index (χ2v) is 5.92. The van der Waals surface area contributed by atoms with E-state index in [1.807, 2.05) is 38.1 Å². The van der Waals surface area contributed by atoms with Gasteiger partial charge in [0.05, 0.1) is 18.8 Å². The standard InChI is InChI=1S/C22H25NO4/c1-3-15-26-20-8-6-5-7-17(20)11-14-21(24)23-19-12-9-18(10-13-19)22(25)27-16-4-2/h5-14H,3-4,15-16H2,1-2H3,(H,23,24)/b14-11+. The second kappa shape index (κ2) is 10.8. The van der Waals surface area contributed by atoms with Gasteiger partial charge in [0.2, 0.25) is 5.91 Å². The maximum absolute atomic E-state index is 12.1. The van der Waals surface area contributed by atoms with Crippen LogP contribution < -0.4 is 10.1 Å². The van der Waals surface area contributed by atoms with Crippen LogP contribution in [-0.2, 0) is 9.53 Å². The van der Waals surface area contributed by atoms with Crippen molar-refractivity contribution in [3.8, 4) is 5.75 Å². The highest BCUT2D eigenvalue weighted by atomic mass is 16.5. The number of nitrogens with one attached hydrogen (secondary N) is 1. The van der Waals surface area contributed by atoms with Gasteiger partial charge in [-0.25, -0.2) is 4.79 Å². The zero-order valence-corrected chi connectivity index (χ0v) is 15.7. The molecule has 0 fully saturated rings. The SMILES string of the molecule is CCCOC(=O)c1ccc(NC(=O)/C=C/c2ccccc2OCCC)cc1. The number of hydrogen-bond acceptors (Lipinski definition) is 4. The van der Waals surface area contributed by atoms with Gasteiger partial charge < -0.3 is 14.8 Å². The molecule has 0 unspecified atom stereocenters. The molecule has 0 heterocycles. The van der Waals surface area contributed by atoms with Crippen LogP contribution in [0, 0.1) is 0 Å². The van der Waals surface area contributed by atoms with Crippen molar-refractivity contribution in [3.63, 3.8) is 0 Å². The number of esters is 1. The van der Waals surface area contributed by atoms with E-state index in [9.17, 15) is 9.59 Å². The quantitative estimate of drug-likeness (QED) is 0.516. The summed E-state index contributed by atoms with van der Waals surface area (Å²) in [5, 5.41) is 2.77. The molecule has 2 rings (SSSR count). The molecule has 0 aliphatic carbocycles. The van der Waals surface area contributed by atoms with Crippen molar-refractivity contribution in [3.05, 3.63) is 65.7 Å². The molecule has 0 aromatic heterocycles. The lowest BCUT2D eigenvalue weighted by Gasteiger charge is -2.08. The topological polar surface area (TPSA) is 64.6 Å². The van der Waals surface area contributed by atoms with Crippen LogP contribution in [0.2, 0.25) is 0 Å². The number of carbonyl (C=O) groups excluding carboxylic acids is 2. The average Bonchev–Trinajstić information content (AvgIpc) is 2.70. The van der Waals surface area contributed by atoms with Crippen molar-refractivity contribution in [2.75, 3.05) is 18.5 Å². The maximum Gasteiger partial charge on any atom is 0.338 e. The third-order valence-electron chi connectivity index (χ3n) is 3.62. The van der Waals surface area contributed by atoms with E-state index < -0.39 is 0 Å². The van der Waals surface area contributed by atoms with Gasteiger partial charge in [-0.05, 0) is 49.2 Å². The fourth-order valence-corrected chi connectivity index (χ4v) is 2.28. The molecule has 1 N–H and O–H groups in total. The maximum atomic E-state index is 12.1. The van der Waals surface area contributed by atoms with Gasteiger partial charge in [0.25, 0.3) is 0 Å². The van der Waals surface area contributed by atoms with Crippen LogP contribution in [0.1, 0.15) is 42.6 Å². The summed E-state index contributed by atoms with van der Waals surface area (Å²) in [5.74, 6) is 0.123. The number of carbonyl (C=O) groups is 2. The Bertz CT molecular complexity index is 781. The van der Waals surface area contributed by atoms with Crippen LogP contribution in [0.25, 0.3) is 6.08 Å². The largest absolute Gasteiger partial charge is 0.493 e. The molecule has 0 spiro atoms. The van der Waals surface area contributed by atoms with Crippen molar-refractivity contribution in [1.82, 2.24) is 0 Å². The van der Waals surface area contributed by atoms with E-state index in [0.717, 1.165) is 24.2 Å². The second-order valence-electron chi connectivity index (χ2n) is 5.92. The van der Waals surface area contributed by atoms with Crippen molar-refractivity contribution in [2.45, 2.75) is 26.7 Å². The minimum Gasteiger partial charge on any atom is -0.493 e. The molecule has 1 amide bonds. The van der Waals surface area contributed by atoms with E-state index in [1.165, 1.54) is 6.08 Å². The molecule has 0 atom stereocenters.